The van der Waals surface area contributed by atoms with Crippen molar-refractivity contribution in [2.45, 2.75) is 19.1 Å². The molecule has 0 aromatic heterocycles. The van der Waals surface area contributed by atoms with Crippen LogP contribution >= 0.6 is 21.6 Å². The summed E-state index contributed by atoms with van der Waals surface area (Å²) in [5.74, 6) is -0.991. The maximum Gasteiger partial charge on any atom is 0.312 e. The van der Waals surface area contributed by atoms with Crippen LogP contribution in [0.4, 0.5) is 0 Å². The molecule has 0 unspecified atom stereocenters. The Morgan fingerprint density at radius 2 is 1.86 bits per heavy atom. The Morgan fingerprint density at radius 1 is 1.14 bits per heavy atom. The summed E-state index contributed by atoms with van der Waals surface area (Å²) in [5.41, 5.74) is 1.20. The molecular weight excluding hydrogens is 318 g/mol. The van der Waals surface area contributed by atoms with Gasteiger partial charge in [-0.25, -0.2) is 4.99 Å². The number of rotatable bonds is 5. The van der Waals surface area contributed by atoms with Crippen molar-refractivity contribution in [3.8, 4) is 0 Å². The van der Waals surface area contributed by atoms with Gasteiger partial charge in [0.15, 0.2) is 0 Å². The van der Waals surface area contributed by atoms with Gasteiger partial charge in [-0.2, -0.15) is 0 Å². The van der Waals surface area contributed by atoms with Crippen molar-refractivity contribution in [1.29, 1.82) is 0 Å². The Labute approximate surface area is 136 Å². The number of aliphatic carboxylic acids is 1. The number of carbonyl (C=O) groups excluding carboxylic acids is 1. The summed E-state index contributed by atoms with van der Waals surface area (Å²) in [6.07, 6.45) is -0.562. The van der Waals surface area contributed by atoms with E-state index in [-0.39, 0.29) is 0 Å². The van der Waals surface area contributed by atoms with Gasteiger partial charge >= 0.3 is 5.97 Å². The van der Waals surface area contributed by atoms with E-state index in [9.17, 15) is 9.59 Å². The Hall–Kier alpha value is -1.79. The lowest BCUT2D eigenvalue weighted by molar-refractivity contribution is -0.139. The quantitative estimate of drug-likeness (QED) is 0.385. The van der Waals surface area contributed by atoms with E-state index in [0.29, 0.717) is 5.04 Å². The summed E-state index contributed by atoms with van der Waals surface area (Å²) in [7, 11) is 2.96. The molecule has 0 saturated heterocycles. The second-order valence-corrected chi connectivity index (χ2v) is 7.11. The van der Waals surface area contributed by atoms with E-state index in [1.165, 1.54) is 27.1 Å². The fourth-order valence-corrected chi connectivity index (χ4v) is 3.77. The molecule has 0 saturated carbocycles. The van der Waals surface area contributed by atoms with Gasteiger partial charge in [-0.1, -0.05) is 53.3 Å². The predicted octanol–water partition coefficient (Wildman–Crippen LogP) is 4.14. The molecule has 0 aliphatic heterocycles. The molecule has 2 aromatic carbocycles. The fourth-order valence-electron chi connectivity index (χ4n) is 1.87. The lowest BCUT2D eigenvalue weighted by Crippen LogP contribution is -2.04. The molecule has 1 N–H and O–H groups in total. The van der Waals surface area contributed by atoms with Gasteiger partial charge < -0.3 is 5.11 Å². The minimum absolute atomic E-state index is 0.562. The molecule has 0 fully saturated rings. The van der Waals surface area contributed by atoms with Crippen LogP contribution in [0.25, 0.3) is 10.8 Å². The minimum Gasteiger partial charge on any atom is -0.481 e. The van der Waals surface area contributed by atoms with Gasteiger partial charge in [0.25, 0.3) is 5.91 Å². The number of hydrogen-bond acceptors (Lipinski definition) is 4. The van der Waals surface area contributed by atoms with Gasteiger partial charge in [-0.15, -0.1) is 0 Å². The zero-order chi connectivity index (χ0) is 15.9. The van der Waals surface area contributed by atoms with Gasteiger partial charge in [-0.05, 0) is 34.1 Å². The molecule has 0 spiro atoms. The van der Waals surface area contributed by atoms with Crippen molar-refractivity contribution in [3.63, 3.8) is 0 Å². The number of carboxylic acids is 1. The molecule has 6 heteroatoms. The van der Waals surface area contributed by atoms with E-state index in [0.717, 1.165) is 5.75 Å². The number of carboxylic acid groups (broad SMARTS) is 1. The maximum absolute atomic E-state index is 11.3. The molecule has 0 aliphatic carbocycles. The Kier molecular flexibility index (Phi) is 6.03. The molecule has 2 rings (SSSR count). The number of amides is 1. The lowest BCUT2D eigenvalue weighted by atomic mass is 10.1. The van der Waals surface area contributed by atoms with Crippen LogP contribution in [0.1, 0.15) is 18.9 Å². The average molecular weight is 333 g/mol. The third-order valence-corrected chi connectivity index (χ3v) is 5.14. The molecule has 2 aromatic rings. The lowest BCUT2D eigenvalue weighted by Gasteiger charge is -2.03. The van der Waals surface area contributed by atoms with Gasteiger partial charge in [0.1, 0.15) is 6.42 Å². The first kappa shape index (κ1) is 16.6. The third kappa shape index (κ3) is 5.20. The Morgan fingerprint density at radius 3 is 2.59 bits per heavy atom. The van der Waals surface area contributed by atoms with Gasteiger partial charge in [0.2, 0.25) is 0 Å². The van der Waals surface area contributed by atoms with Crippen molar-refractivity contribution in [3.05, 3.63) is 48.0 Å². The zero-order valence-electron chi connectivity index (χ0n) is 12.0. The number of nitrogens with zero attached hydrogens (tertiary/aromatic N) is 1. The Balaban J connectivity index is 1.88. The van der Waals surface area contributed by atoms with Crippen LogP contribution in [0.2, 0.25) is 0 Å². The van der Waals surface area contributed by atoms with Gasteiger partial charge in [-0.3, -0.25) is 9.59 Å². The standard InChI is InChI=1S/C16H15NO3S2/c1-11(17-15(18)9-16(19)20)22-21-10-12-6-7-13-4-2-3-5-14(13)8-12/h2-8H,9-10H2,1H3,(H,19,20). The Bertz CT molecular complexity index is 728. The first-order valence-electron chi connectivity index (χ1n) is 6.61. The van der Waals surface area contributed by atoms with Crippen LogP contribution in [0, 0.1) is 0 Å². The van der Waals surface area contributed by atoms with Crippen molar-refractivity contribution in [1.82, 2.24) is 0 Å². The van der Waals surface area contributed by atoms with E-state index in [1.54, 1.807) is 17.7 Å². The highest BCUT2D eigenvalue weighted by Gasteiger charge is 2.07. The summed E-state index contributed by atoms with van der Waals surface area (Å²) < 4.78 is 0. The highest BCUT2D eigenvalue weighted by atomic mass is 33.1. The molecular formula is C16H15NO3S2. The van der Waals surface area contributed by atoms with Gasteiger partial charge in [0.05, 0.1) is 5.04 Å². The molecule has 0 radical (unpaired) electrons. The molecule has 22 heavy (non-hydrogen) atoms. The third-order valence-electron chi connectivity index (χ3n) is 2.80. The topological polar surface area (TPSA) is 66.7 Å². The molecule has 114 valence electrons. The van der Waals surface area contributed by atoms with Gasteiger partial charge in [0, 0.05) is 5.75 Å². The number of hydrogen-bond donors (Lipinski definition) is 1. The van der Waals surface area contributed by atoms with E-state index in [1.807, 2.05) is 12.1 Å². The van der Waals surface area contributed by atoms with Crippen molar-refractivity contribution < 1.29 is 14.7 Å². The highest BCUT2D eigenvalue weighted by Crippen LogP contribution is 2.28. The molecule has 0 heterocycles. The zero-order valence-corrected chi connectivity index (χ0v) is 13.6. The fraction of sp³-hybridized carbons (Fsp3) is 0.188. The largest absolute Gasteiger partial charge is 0.481 e. The first-order chi connectivity index (χ1) is 10.5. The monoisotopic (exact) mass is 333 g/mol. The van der Waals surface area contributed by atoms with Crippen LogP contribution in [0.15, 0.2) is 47.5 Å². The molecule has 0 atom stereocenters. The van der Waals surface area contributed by atoms with Crippen LogP contribution in [-0.2, 0) is 15.3 Å². The summed E-state index contributed by atoms with van der Waals surface area (Å²) in [6.45, 7) is 1.71. The average Bonchev–Trinajstić information content (AvgIpc) is 2.46. The number of benzene rings is 2. The molecule has 1 amide bonds. The van der Waals surface area contributed by atoms with E-state index < -0.39 is 18.3 Å². The molecule has 0 aliphatic rings. The summed E-state index contributed by atoms with van der Waals surface area (Å²) in [5, 5.41) is 11.5. The van der Waals surface area contributed by atoms with Crippen molar-refractivity contribution in [2.75, 3.05) is 0 Å². The van der Waals surface area contributed by atoms with E-state index in [2.05, 4.69) is 35.3 Å². The van der Waals surface area contributed by atoms with E-state index >= 15 is 0 Å². The predicted molar refractivity (Wildman–Crippen MR) is 93.2 cm³/mol. The van der Waals surface area contributed by atoms with Crippen molar-refractivity contribution >= 4 is 49.3 Å². The van der Waals surface area contributed by atoms with Crippen LogP contribution < -0.4 is 0 Å². The first-order valence-corrected chi connectivity index (χ1v) is 8.93. The highest BCUT2D eigenvalue weighted by molar-refractivity contribution is 8.82. The minimum atomic E-state index is -1.16. The number of fused-ring (bicyclic) bond motifs is 1. The summed E-state index contributed by atoms with van der Waals surface area (Å²) in [4.78, 5) is 25.4. The second kappa shape index (κ2) is 8.00. The number of carbonyl (C=O) groups is 2. The molecule has 0 bridgehead atoms. The SMILES string of the molecule is CC(=NC(=O)CC(=O)O)SSCc1ccc2ccccc2c1. The normalized spacial score (nSPS) is 11.6. The maximum atomic E-state index is 11.3. The second-order valence-electron chi connectivity index (χ2n) is 4.62. The van der Waals surface area contributed by atoms with Crippen molar-refractivity contribution in [2.24, 2.45) is 4.99 Å². The smallest absolute Gasteiger partial charge is 0.312 e. The summed E-state index contributed by atoms with van der Waals surface area (Å²) >= 11 is 0. The number of aliphatic imine (C=N–C) groups is 1. The van der Waals surface area contributed by atoms with Crippen LogP contribution in [0.5, 0.6) is 0 Å². The van der Waals surface area contributed by atoms with Crippen LogP contribution in [-0.4, -0.2) is 22.0 Å². The van der Waals surface area contributed by atoms with Crippen LogP contribution in [0.3, 0.4) is 0 Å². The molecule has 4 nitrogen and oxygen atoms in total. The van der Waals surface area contributed by atoms with E-state index in [4.69, 9.17) is 5.11 Å². The summed E-state index contributed by atoms with van der Waals surface area (Å²) in [6, 6.07) is 14.5.